The van der Waals surface area contributed by atoms with Gasteiger partial charge in [-0.2, -0.15) is 5.10 Å². The van der Waals surface area contributed by atoms with E-state index in [4.69, 9.17) is 11.6 Å². The predicted molar refractivity (Wildman–Crippen MR) is 86.8 cm³/mol. The number of hydrogen-bond donors (Lipinski definition) is 1. The molecule has 0 aliphatic carbocycles. The first-order chi connectivity index (χ1) is 9.58. The van der Waals surface area contributed by atoms with Crippen molar-refractivity contribution in [1.82, 2.24) is 15.1 Å². The van der Waals surface area contributed by atoms with Gasteiger partial charge in [0.2, 0.25) is 0 Å². The lowest BCUT2D eigenvalue weighted by molar-refractivity contribution is 0.553. The Morgan fingerprint density at radius 2 is 2.20 bits per heavy atom. The zero-order valence-corrected chi connectivity index (χ0v) is 14.1. The van der Waals surface area contributed by atoms with Gasteiger partial charge < -0.3 is 5.32 Å². The van der Waals surface area contributed by atoms with E-state index in [0.29, 0.717) is 6.04 Å². The van der Waals surface area contributed by atoms with Crippen LogP contribution in [0.1, 0.15) is 41.6 Å². The Bertz CT molecular complexity index is 574. The Kier molecular flexibility index (Phi) is 5.24. The van der Waals surface area contributed by atoms with Crippen molar-refractivity contribution in [2.24, 2.45) is 7.05 Å². The maximum Gasteiger partial charge on any atom is 0.130 e. The second-order valence-corrected chi connectivity index (χ2v) is 6.26. The van der Waals surface area contributed by atoms with Gasteiger partial charge in [0.1, 0.15) is 5.15 Å². The number of rotatable bonds is 6. The van der Waals surface area contributed by atoms with Crippen LogP contribution in [0.5, 0.6) is 0 Å². The summed E-state index contributed by atoms with van der Waals surface area (Å²) in [5.41, 5.74) is 3.60. The van der Waals surface area contributed by atoms with Crippen LogP contribution in [0.2, 0.25) is 5.15 Å². The highest BCUT2D eigenvalue weighted by atomic mass is 35.5. The van der Waals surface area contributed by atoms with E-state index in [1.807, 2.05) is 25.3 Å². The quantitative estimate of drug-likeness (QED) is 0.877. The highest BCUT2D eigenvalue weighted by molar-refractivity contribution is 7.10. The van der Waals surface area contributed by atoms with Crippen molar-refractivity contribution in [2.45, 2.75) is 39.7 Å². The monoisotopic (exact) mass is 311 g/mol. The normalized spacial score (nSPS) is 12.8. The van der Waals surface area contributed by atoms with E-state index in [9.17, 15) is 0 Å². The Hall–Kier alpha value is -0.840. The SMILES string of the molecule is CCNC(Cc1c(C)nn(C)c1Cl)c1sccc1CC. The number of halogens is 1. The number of likely N-dealkylation sites (N-methyl/N-ethyl adjacent to an activating group) is 1. The molecule has 0 radical (unpaired) electrons. The van der Waals surface area contributed by atoms with Gasteiger partial charge in [-0.3, -0.25) is 4.68 Å². The van der Waals surface area contributed by atoms with Crippen molar-refractivity contribution in [3.8, 4) is 0 Å². The summed E-state index contributed by atoms with van der Waals surface area (Å²) in [5, 5.41) is 10.9. The van der Waals surface area contributed by atoms with Crippen LogP contribution < -0.4 is 5.32 Å². The Morgan fingerprint density at radius 1 is 1.45 bits per heavy atom. The van der Waals surface area contributed by atoms with E-state index in [1.165, 1.54) is 10.4 Å². The Morgan fingerprint density at radius 3 is 2.75 bits per heavy atom. The topological polar surface area (TPSA) is 29.9 Å². The van der Waals surface area contributed by atoms with Crippen molar-refractivity contribution in [2.75, 3.05) is 6.54 Å². The molecule has 0 saturated carbocycles. The number of thiophene rings is 1. The molecule has 2 heterocycles. The molecule has 110 valence electrons. The first kappa shape index (κ1) is 15.5. The van der Waals surface area contributed by atoms with Gasteiger partial charge in [0.25, 0.3) is 0 Å². The first-order valence-corrected chi connectivity index (χ1v) is 8.31. The smallest absolute Gasteiger partial charge is 0.130 e. The molecule has 0 bridgehead atoms. The molecule has 0 fully saturated rings. The lowest BCUT2D eigenvalue weighted by atomic mass is 10.0. The second-order valence-electron chi connectivity index (χ2n) is 4.96. The predicted octanol–water partition coefficient (Wildman–Crippen LogP) is 3.90. The molecular formula is C15H22ClN3S. The average Bonchev–Trinajstić information content (AvgIpc) is 2.98. The Balaban J connectivity index is 2.30. The molecule has 0 saturated heterocycles. The number of aromatic nitrogens is 2. The average molecular weight is 312 g/mol. The van der Waals surface area contributed by atoms with E-state index in [0.717, 1.165) is 35.8 Å². The summed E-state index contributed by atoms with van der Waals surface area (Å²) in [4.78, 5) is 1.42. The summed E-state index contributed by atoms with van der Waals surface area (Å²) >= 11 is 8.20. The third-order valence-electron chi connectivity index (χ3n) is 3.61. The van der Waals surface area contributed by atoms with Crippen LogP contribution in [-0.4, -0.2) is 16.3 Å². The molecule has 0 aliphatic rings. The largest absolute Gasteiger partial charge is 0.309 e. The van der Waals surface area contributed by atoms with Gasteiger partial charge >= 0.3 is 0 Å². The molecule has 2 aromatic rings. The zero-order valence-electron chi connectivity index (χ0n) is 12.5. The van der Waals surface area contributed by atoms with Crippen LogP contribution in [-0.2, 0) is 19.9 Å². The van der Waals surface area contributed by atoms with Crippen molar-refractivity contribution in [1.29, 1.82) is 0 Å². The van der Waals surface area contributed by atoms with Crippen LogP contribution in [0, 0.1) is 6.92 Å². The molecular weight excluding hydrogens is 290 g/mol. The molecule has 1 atom stereocenters. The van der Waals surface area contributed by atoms with Gasteiger partial charge in [0.15, 0.2) is 0 Å². The third kappa shape index (κ3) is 3.08. The van der Waals surface area contributed by atoms with Crippen LogP contribution in [0.15, 0.2) is 11.4 Å². The van der Waals surface area contributed by atoms with Gasteiger partial charge in [0, 0.05) is 23.5 Å². The molecule has 0 aromatic carbocycles. The summed E-state index contributed by atoms with van der Waals surface area (Å²) in [7, 11) is 1.89. The van der Waals surface area contributed by atoms with Gasteiger partial charge in [-0.05, 0) is 43.3 Å². The fourth-order valence-electron chi connectivity index (χ4n) is 2.56. The highest BCUT2D eigenvalue weighted by Gasteiger charge is 2.20. The van der Waals surface area contributed by atoms with Gasteiger partial charge in [-0.15, -0.1) is 11.3 Å². The van der Waals surface area contributed by atoms with E-state index < -0.39 is 0 Å². The summed E-state index contributed by atoms with van der Waals surface area (Å²) < 4.78 is 1.75. The summed E-state index contributed by atoms with van der Waals surface area (Å²) in [6.45, 7) is 7.32. The van der Waals surface area contributed by atoms with Gasteiger partial charge in [-0.25, -0.2) is 0 Å². The molecule has 0 aliphatic heterocycles. The fourth-order valence-corrected chi connectivity index (χ4v) is 3.88. The molecule has 0 amide bonds. The van der Waals surface area contributed by atoms with Crippen LogP contribution in [0.4, 0.5) is 0 Å². The number of aryl methyl sites for hydroxylation is 3. The number of hydrogen-bond acceptors (Lipinski definition) is 3. The summed E-state index contributed by atoms with van der Waals surface area (Å²) in [6.07, 6.45) is 1.96. The van der Waals surface area contributed by atoms with Crippen molar-refractivity contribution < 1.29 is 0 Å². The maximum absolute atomic E-state index is 6.37. The molecule has 2 aromatic heterocycles. The fraction of sp³-hybridized carbons (Fsp3) is 0.533. The maximum atomic E-state index is 6.37. The number of nitrogens with zero attached hydrogens (tertiary/aromatic N) is 2. The standard InChI is InChI=1S/C15H22ClN3S/c1-5-11-7-8-20-14(11)13(17-6-2)9-12-10(3)18-19(4)15(12)16/h7-8,13,17H,5-6,9H2,1-4H3. The molecule has 1 unspecified atom stereocenters. The molecule has 0 spiro atoms. The molecule has 20 heavy (non-hydrogen) atoms. The summed E-state index contributed by atoms with van der Waals surface area (Å²) in [6, 6.07) is 2.54. The molecule has 2 rings (SSSR count). The Labute approximate surface area is 130 Å². The van der Waals surface area contributed by atoms with Gasteiger partial charge in [0.05, 0.1) is 5.69 Å². The van der Waals surface area contributed by atoms with Crippen LogP contribution in [0.25, 0.3) is 0 Å². The molecule has 3 nitrogen and oxygen atoms in total. The number of nitrogens with one attached hydrogen (secondary N) is 1. The lowest BCUT2D eigenvalue weighted by Gasteiger charge is -2.18. The van der Waals surface area contributed by atoms with Crippen molar-refractivity contribution in [3.05, 3.63) is 38.3 Å². The minimum absolute atomic E-state index is 0.315. The first-order valence-electron chi connectivity index (χ1n) is 7.06. The van der Waals surface area contributed by atoms with E-state index >= 15 is 0 Å². The second kappa shape index (κ2) is 6.74. The van der Waals surface area contributed by atoms with Crippen molar-refractivity contribution in [3.63, 3.8) is 0 Å². The molecule has 5 heteroatoms. The van der Waals surface area contributed by atoms with Crippen LogP contribution in [0.3, 0.4) is 0 Å². The zero-order chi connectivity index (χ0) is 14.7. The van der Waals surface area contributed by atoms with Crippen LogP contribution >= 0.6 is 22.9 Å². The highest BCUT2D eigenvalue weighted by Crippen LogP contribution is 2.30. The van der Waals surface area contributed by atoms with Gasteiger partial charge in [-0.1, -0.05) is 25.4 Å². The minimum atomic E-state index is 0.315. The molecule has 1 N–H and O–H groups in total. The van der Waals surface area contributed by atoms with Crippen molar-refractivity contribution >= 4 is 22.9 Å². The van der Waals surface area contributed by atoms with E-state index in [2.05, 4.69) is 35.7 Å². The minimum Gasteiger partial charge on any atom is -0.309 e. The van der Waals surface area contributed by atoms with E-state index in [1.54, 1.807) is 4.68 Å². The summed E-state index contributed by atoms with van der Waals surface area (Å²) in [5.74, 6) is 0. The third-order valence-corrected chi connectivity index (χ3v) is 5.15. The lowest BCUT2D eigenvalue weighted by Crippen LogP contribution is -2.23. The van der Waals surface area contributed by atoms with E-state index in [-0.39, 0.29) is 0 Å².